The molecule has 0 bridgehead atoms. The number of hydrogen-bond acceptors (Lipinski definition) is 4. The molecule has 5 heteroatoms. The molecule has 25 heavy (non-hydrogen) atoms. The average molecular weight is 343 g/mol. The number of nitrogens with one attached hydrogen (secondary N) is 3. The molecule has 3 rings (SSSR count). The van der Waals surface area contributed by atoms with Gasteiger partial charge in [0.25, 0.3) is 0 Å². The van der Waals surface area contributed by atoms with Crippen molar-refractivity contribution < 1.29 is 9.13 Å². The highest BCUT2D eigenvalue weighted by Gasteiger charge is 2.22. The molecule has 134 valence electrons. The van der Waals surface area contributed by atoms with Crippen LogP contribution < -0.4 is 20.9 Å². The van der Waals surface area contributed by atoms with Crippen LogP contribution in [-0.2, 0) is 6.61 Å². The summed E-state index contributed by atoms with van der Waals surface area (Å²) in [6, 6.07) is 15.3. The van der Waals surface area contributed by atoms with Crippen molar-refractivity contribution in [3.63, 3.8) is 0 Å². The molecule has 4 nitrogen and oxygen atoms in total. The standard InChI is InChI=1S/C20H26FN3O/c1-14(22-11-18-12-23-24-15(18)2)17-5-9-20(10-6-17)25-13-16-3-7-19(21)8-4-16/h3-10,14-15,18,22-24H,11-13H2,1-2H3. The Balaban J connectivity index is 1.48. The third kappa shape index (κ3) is 5.01. The summed E-state index contributed by atoms with van der Waals surface area (Å²) < 4.78 is 18.7. The van der Waals surface area contributed by atoms with Gasteiger partial charge in [-0.3, -0.25) is 10.9 Å². The van der Waals surface area contributed by atoms with Crippen LogP contribution in [0.4, 0.5) is 4.39 Å². The first-order valence-corrected chi connectivity index (χ1v) is 8.81. The van der Waals surface area contributed by atoms with Crippen molar-refractivity contribution in [2.45, 2.75) is 32.5 Å². The largest absolute Gasteiger partial charge is 0.489 e. The Bertz CT molecular complexity index is 660. The quantitative estimate of drug-likeness (QED) is 0.723. The molecule has 1 aliphatic heterocycles. The SMILES string of the molecule is CC(NCC1CNNC1C)c1ccc(OCc2ccc(F)cc2)cc1. The topological polar surface area (TPSA) is 45.3 Å². The number of halogens is 1. The fourth-order valence-corrected chi connectivity index (χ4v) is 2.94. The lowest BCUT2D eigenvalue weighted by Crippen LogP contribution is -2.33. The summed E-state index contributed by atoms with van der Waals surface area (Å²) in [5.74, 6) is 1.19. The minimum Gasteiger partial charge on any atom is -0.489 e. The van der Waals surface area contributed by atoms with E-state index >= 15 is 0 Å². The van der Waals surface area contributed by atoms with E-state index in [1.807, 2.05) is 12.1 Å². The Kier molecular flexibility index (Phi) is 6.02. The van der Waals surface area contributed by atoms with E-state index in [1.54, 1.807) is 12.1 Å². The molecule has 1 heterocycles. The van der Waals surface area contributed by atoms with Crippen LogP contribution in [0.5, 0.6) is 5.75 Å². The molecule has 3 atom stereocenters. The van der Waals surface area contributed by atoms with Crippen LogP contribution in [0.3, 0.4) is 0 Å². The van der Waals surface area contributed by atoms with Gasteiger partial charge in [-0.25, -0.2) is 4.39 Å². The van der Waals surface area contributed by atoms with Gasteiger partial charge in [-0.05, 0) is 49.2 Å². The van der Waals surface area contributed by atoms with Crippen LogP contribution in [0.25, 0.3) is 0 Å². The Morgan fingerprint density at radius 3 is 2.52 bits per heavy atom. The monoisotopic (exact) mass is 343 g/mol. The van der Waals surface area contributed by atoms with Gasteiger partial charge in [-0.2, -0.15) is 0 Å². The Morgan fingerprint density at radius 2 is 1.88 bits per heavy atom. The molecule has 1 aliphatic rings. The van der Waals surface area contributed by atoms with E-state index in [9.17, 15) is 4.39 Å². The van der Waals surface area contributed by atoms with Crippen molar-refractivity contribution in [3.05, 3.63) is 65.5 Å². The van der Waals surface area contributed by atoms with E-state index in [0.717, 1.165) is 24.4 Å². The Morgan fingerprint density at radius 1 is 1.16 bits per heavy atom. The van der Waals surface area contributed by atoms with Gasteiger partial charge in [-0.1, -0.05) is 24.3 Å². The van der Waals surface area contributed by atoms with Crippen LogP contribution in [0, 0.1) is 11.7 Å². The molecular weight excluding hydrogens is 317 g/mol. The second-order valence-electron chi connectivity index (χ2n) is 6.69. The number of rotatable bonds is 7. The number of benzene rings is 2. The van der Waals surface area contributed by atoms with Gasteiger partial charge in [0.05, 0.1) is 0 Å². The Labute approximate surface area is 148 Å². The fourth-order valence-electron chi connectivity index (χ4n) is 2.94. The normalized spacial score (nSPS) is 21.2. The minimum atomic E-state index is -0.229. The van der Waals surface area contributed by atoms with E-state index in [2.05, 4.69) is 42.1 Å². The third-order valence-electron chi connectivity index (χ3n) is 4.79. The molecule has 1 saturated heterocycles. The van der Waals surface area contributed by atoms with Crippen molar-refractivity contribution in [1.82, 2.24) is 16.2 Å². The van der Waals surface area contributed by atoms with Crippen molar-refractivity contribution in [3.8, 4) is 5.75 Å². The third-order valence-corrected chi connectivity index (χ3v) is 4.79. The van der Waals surface area contributed by atoms with Crippen molar-refractivity contribution in [2.24, 2.45) is 5.92 Å². The maximum atomic E-state index is 12.9. The molecular formula is C20H26FN3O. The van der Waals surface area contributed by atoms with Crippen LogP contribution in [0.1, 0.15) is 31.0 Å². The van der Waals surface area contributed by atoms with Gasteiger partial charge in [-0.15, -0.1) is 0 Å². The summed E-state index contributed by atoms with van der Waals surface area (Å²) in [6.45, 7) is 6.79. The first-order chi connectivity index (χ1) is 12.1. The molecule has 0 spiro atoms. The van der Waals surface area contributed by atoms with Crippen molar-refractivity contribution in [2.75, 3.05) is 13.1 Å². The van der Waals surface area contributed by atoms with Gasteiger partial charge in [0.15, 0.2) is 0 Å². The van der Waals surface area contributed by atoms with Gasteiger partial charge >= 0.3 is 0 Å². The zero-order valence-corrected chi connectivity index (χ0v) is 14.8. The highest BCUT2D eigenvalue weighted by Crippen LogP contribution is 2.19. The maximum Gasteiger partial charge on any atom is 0.123 e. The highest BCUT2D eigenvalue weighted by atomic mass is 19.1. The van der Waals surface area contributed by atoms with Gasteiger partial charge in [0, 0.05) is 31.1 Å². The number of hydrogen-bond donors (Lipinski definition) is 3. The predicted octanol–water partition coefficient (Wildman–Crippen LogP) is 3.17. The smallest absolute Gasteiger partial charge is 0.123 e. The summed E-state index contributed by atoms with van der Waals surface area (Å²) in [7, 11) is 0. The highest BCUT2D eigenvalue weighted by molar-refractivity contribution is 5.29. The van der Waals surface area contributed by atoms with E-state index in [4.69, 9.17) is 4.74 Å². The first kappa shape index (κ1) is 17.9. The molecule has 1 fully saturated rings. The maximum absolute atomic E-state index is 12.9. The predicted molar refractivity (Wildman–Crippen MR) is 97.7 cm³/mol. The zero-order chi connectivity index (χ0) is 17.6. The first-order valence-electron chi connectivity index (χ1n) is 8.81. The lowest BCUT2D eigenvalue weighted by Gasteiger charge is -2.19. The summed E-state index contributed by atoms with van der Waals surface area (Å²) in [5.41, 5.74) is 8.63. The average Bonchev–Trinajstić information content (AvgIpc) is 3.04. The van der Waals surface area contributed by atoms with Crippen LogP contribution in [0.2, 0.25) is 0 Å². The molecule has 2 aromatic carbocycles. The second kappa shape index (κ2) is 8.43. The molecule has 3 unspecified atom stereocenters. The lowest BCUT2D eigenvalue weighted by molar-refractivity contribution is 0.306. The van der Waals surface area contributed by atoms with E-state index in [1.165, 1.54) is 17.7 Å². The molecule has 3 N–H and O–H groups in total. The zero-order valence-electron chi connectivity index (χ0n) is 14.8. The van der Waals surface area contributed by atoms with Crippen LogP contribution >= 0.6 is 0 Å². The second-order valence-corrected chi connectivity index (χ2v) is 6.69. The van der Waals surface area contributed by atoms with E-state index < -0.39 is 0 Å². The molecule has 0 aliphatic carbocycles. The number of hydrazine groups is 1. The lowest BCUT2D eigenvalue weighted by atomic mass is 10.0. The molecule has 2 aromatic rings. The summed E-state index contributed by atoms with van der Waals surface area (Å²) in [6.07, 6.45) is 0. The number of ether oxygens (including phenoxy) is 1. The van der Waals surface area contributed by atoms with Gasteiger partial charge in [0.2, 0.25) is 0 Å². The molecule has 0 amide bonds. The van der Waals surface area contributed by atoms with E-state index in [-0.39, 0.29) is 5.82 Å². The summed E-state index contributed by atoms with van der Waals surface area (Å²) >= 11 is 0. The van der Waals surface area contributed by atoms with Crippen molar-refractivity contribution >= 4 is 0 Å². The summed E-state index contributed by atoms with van der Waals surface area (Å²) in [4.78, 5) is 0. The molecule has 0 radical (unpaired) electrons. The van der Waals surface area contributed by atoms with Gasteiger partial charge < -0.3 is 10.1 Å². The molecule has 0 saturated carbocycles. The van der Waals surface area contributed by atoms with Crippen LogP contribution in [-0.4, -0.2) is 19.1 Å². The van der Waals surface area contributed by atoms with E-state index in [0.29, 0.717) is 24.6 Å². The van der Waals surface area contributed by atoms with Crippen molar-refractivity contribution in [1.29, 1.82) is 0 Å². The summed E-state index contributed by atoms with van der Waals surface area (Å²) in [5, 5.41) is 3.60. The minimum absolute atomic E-state index is 0.229. The fraction of sp³-hybridized carbons (Fsp3) is 0.400. The molecule has 0 aromatic heterocycles. The van der Waals surface area contributed by atoms with Crippen LogP contribution in [0.15, 0.2) is 48.5 Å². The van der Waals surface area contributed by atoms with Gasteiger partial charge in [0.1, 0.15) is 18.2 Å². The Hall–Kier alpha value is -1.95.